The van der Waals surface area contributed by atoms with Crippen molar-refractivity contribution in [3.63, 3.8) is 0 Å². The van der Waals surface area contributed by atoms with Gasteiger partial charge in [-0.25, -0.2) is 9.40 Å². The monoisotopic (exact) mass is 414 g/mol. The molecule has 150 valence electrons. The third kappa shape index (κ3) is 4.57. The van der Waals surface area contributed by atoms with E-state index in [1.165, 1.54) is 34.2 Å². The summed E-state index contributed by atoms with van der Waals surface area (Å²) in [4.78, 5) is 39.0. The normalized spacial score (nSPS) is 16.1. The molecule has 0 aliphatic carbocycles. The van der Waals surface area contributed by atoms with E-state index in [0.717, 1.165) is 0 Å². The molecule has 29 heavy (non-hydrogen) atoms. The van der Waals surface area contributed by atoms with Gasteiger partial charge in [0.1, 0.15) is 11.9 Å². The standard InChI is InChI=1S/C20H19FN4O3S/c1-2-24-19(28)16(12-17(26)22-15-10-8-14(21)9-11-15)25(20(24)29)23-18(27)13-6-4-3-5-7-13/h3-11,16H,2,12H2,1H3,(H,22,26)(H,23,27)/t16-/m0/s1. The molecular formula is C20H19FN4O3S. The molecule has 3 rings (SSSR count). The van der Waals surface area contributed by atoms with Crippen LogP contribution < -0.4 is 10.7 Å². The number of anilines is 1. The summed E-state index contributed by atoms with van der Waals surface area (Å²) < 4.78 is 13.0. The molecule has 1 heterocycles. The molecule has 0 aromatic heterocycles. The second-order valence-electron chi connectivity index (χ2n) is 6.32. The minimum absolute atomic E-state index is 0.126. The first-order valence-corrected chi connectivity index (χ1v) is 9.37. The van der Waals surface area contributed by atoms with Gasteiger partial charge in [-0.2, -0.15) is 0 Å². The lowest BCUT2D eigenvalue weighted by atomic mass is 10.1. The molecule has 1 atom stereocenters. The van der Waals surface area contributed by atoms with E-state index in [9.17, 15) is 18.8 Å². The maximum absolute atomic E-state index is 13.0. The minimum Gasteiger partial charge on any atom is -0.326 e. The molecule has 1 aliphatic rings. The quantitative estimate of drug-likeness (QED) is 0.709. The van der Waals surface area contributed by atoms with Crippen LogP contribution >= 0.6 is 12.2 Å². The molecule has 3 amide bonds. The predicted octanol–water partition coefficient (Wildman–Crippen LogP) is 2.32. The Kier molecular flexibility index (Phi) is 6.18. The van der Waals surface area contributed by atoms with Crippen LogP contribution in [0, 0.1) is 5.82 Å². The number of carbonyl (C=O) groups excluding carboxylic acids is 3. The SMILES string of the molecule is CCN1C(=O)[C@H](CC(=O)Nc2ccc(F)cc2)N(NC(=O)c2ccccc2)C1=S. The summed E-state index contributed by atoms with van der Waals surface area (Å²) in [6.45, 7) is 2.06. The molecule has 0 radical (unpaired) electrons. The Morgan fingerprint density at radius 3 is 2.38 bits per heavy atom. The molecule has 0 saturated carbocycles. The zero-order chi connectivity index (χ0) is 21.0. The fourth-order valence-corrected chi connectivity index (χ4v) is 3.32. The van der Waals surface area contributed by atoms with Crippen molar-refractivity contribution in [2.24, 2.45) is 0 Å². The van der Waals surface area contributed by atoms with Crippen molar-refractivity contribution in [1.29, 1.82) is 0 Å². The van der Waals surface area contributed by atoms with Crippen LogP contribution in [0.3, 0.4) is 0 Å². The number of hydrogen-bond acceptors (Lipinski definition) is 4. The summed E-state index contributed by atoms with van der Waals surface area (Å²) >= 11 is 5.32. The number of thiocarbonyl (C=S) groups is 1. The number of rotatable bonds is 6. The van der Waals surface area contributed by atoms with Crippen molar-refractivity contribution >= 4 is 40.7 Å². The van der Waals surface area contributed by atoms with E-state index in [1.807, 2.05) is 0 Å². The summed E-state index contributed by atoms with van der Waals surface area (Å²) in [5.41, 5.74) is 3.42. The molecule has 7 nitrogen and oxygen atoms in total. The van der Waals surface area contributed by atoms with Crippen molar-refractivity contribution in [3.8, 4) is 0 Å². The first-order chi connectivity index (χ1) is 13.9. The number of hydrazine groups is 1. The van der Waals surface area contributed by atoms with Crippen LogP contribution in [0.5, 0.6) is 0 Å². The average molecular weight is 414 g/mol. The summed E-state index contributed by atoms with van der Waals surface area (Å²) in [6.07, 6.45) is -0.234. The van der Waals surface area contributed by atoms with Gasteiger partial charge >= 0.3 is 0 Å². The van der Waals surface area contributed by atoms with Gasteiger partial charge < -0.3 is 5.32 Å². The van der Waals surface area contributed by atoms with E-state index in [1.54, 1.807) is 37.3 Å². The van der Waals surface area contributed by atoms with Crippen molar-refractivity contribution in [2.75, 3.05) is 11.9 Å². The molecule has 2 aromatic carbocycles. The van der Waals surface area contributed by atoms with Crippen molar-refractivity contribution in [3.05, 3.63) is 66.0 Å². The van der Waals surface area contributed by atoms with E-state index in [4.69, 9.17) is 12.2 Å². The highest BCUT2D eigenvalue weighted by atomic mass is 32.1. The molecule has 2 N–H and O–H groups in total. The van der Waals surface area contributed by atoms with E-state index < -0.39 is 23.7 Å². The number of hydrogen-bond donors (Lipinski definition) is 2. The fourth-order valence-electron chi connectivity index (χ4n) is 2.93. The number of likely N-dealkylation sites (N-methyl/N-ethyl adjacent to an activating group) is 1. The zero-order valence-corrected chi connectivity index (χ0v) is 16.4. The maximum atomic E-state index is 13.0. The lowest BCUT2D eigenvalue weighted by Crippen LogP contribution is -2.49. The van der Waals surface area contributed by atoms with Crippen molar-refractivity contribution in [2.45, 2.75) is 19.4 Å². The molecule has 0 bridgehead atoms. The minimum atomic E-state index is -0.976. The largest absolute Gasteiger partial charge is 0.326 e. The topological polar surface area (TPSA) is 81.8 Å². The van der Waals surface area contributed by atoms with Crippen LogP contribution in [-0.4, -0.2) is 45.3 Å². The molecule has 1 saturated heterocycles. The number of halogens is 1. The first-order valence-electron chi connectivity index (χ1n) is 8.96. The van der Waals surface area contributed by atoms with Crippen molar-refractivity contribution < 1.29 is 18.8 Å². The Balaban J connectivity index is 1.75. The molecular weight excluding hydrogens is 395 g/mol. The molecule has 0 unspecified atom stereocenters. The van der Waals surface area contributed by atoms with Crippen LogP contribution in [0.15, 0.2) is 54.6 Å². The molecule has 1 fully saturated rings. The summed E-state index contributed by atoms with van der Waals surface area (Å²) in [5.74, 6) is -1.70. The second-order valence-corrected chi connectivity index (χ2v) is 6.68. The first kappa shape index (κ1) is 20.4. The molecule has 9 heteroatoms. The van der Waals surface area contributed by atoms with Gasteiger partial charge in [0.15, 0.2) is 5.11 Å². The highest BCUT2D eigenvalue weighted by molar-refractivity contribution is 7.80. The fraction of sp³-hybridized carbons (Fsp3) is 0.200. The van der Waals surface area contributed by atoms with E-state index in [0.29, 0.717) is 17.8 Å². The van der Waals surface area contributed by atoms with Gasteiger partial charge in [-0.15, -0.1) is 0 Å². The summed E-state index contributed by atoms with van der Waals surface area (Å²) in [7, 11) is 0. The lowest BCUT2D eigenvalue weighted by Gasteiger charge is -2.24. The van der Waals surface area contributed by atoms with E-state index in [2.05, 4.69) is 10.7 Å². The van der Waals surface area contributed by atoms with Crippen molar-refractivity contribution in [1.82, 2.24) is 15.3 Å². The van der Waals surface area contributed by atoms with E-state index in [-0.39, 0.29) is 17.4 Å². The smallest absolute Gasteiger partial charge is 0.269 e. The predicted molar refractivity (Wildman–Crippen MR) is 109 cm³/mol. The number of benzene rings is 2. The highest BCUT2D eigenvalue weighted by Gasteiger charge is 2.43. The lowest BCUT2D eigenvalue weighted by molar-refractivity contribution is -0.130. The van der Waals surface area contributed by atoms with Crippen LogP contribution in [0.4, 0.5) is 10.1 Å². The van der Waals surface area contributed by atoms with Gasteiger partial charge in [0.2, 0.25) is 5.91 Å². The summed E-state index contributed by atoms with van der Waals surface area (Å²) in [5, 5.41) is 3.99. The van der Waals surface area contributed by atoms with Crippen LogP contribution in [0.25, 0.3) is 0 Å². The van der Waals surface area contributed by atoms with Gasteiger partial charge in [0, 0.05) is 17.8 Å². The maximum Gasteiger partial charge on any atom is 0.269 e. The Morgan fingerprint density at radius 1 is 1.10 bits per heavy atom. The second kappa shape index (κ2) is 8.78. The Bertz CT molecular complexity index is 937. The van der Waals surface area contributed by atoms with Crippen LogP contribution in [0.2, 0.25) is 0 Å². The third-order valence-corrected chi connectivity index (χ3v) is 4.80. The van der Waals surface area contributed by atoms with Gasteiger partial charge in [-0.3, -0.25) is 24.7 Å². The van der Waals surface area contributed by atoms with Gasteiger partial charge in [-0.1, -0.05) is 18.2 Å². The Morgan fingerprint density at radius 2 is 1.76 bits per heavy atom. The zero-order valence-electron chi connectivity index (χ0n) is 15.6. The Labute approximate surface area is 172 Å². The number of nitrogens with zero attached hydrogens (tertiary/aromatic N) is 2. The number of amides is 3. The summed E-state index contributed by atoms with van der Waals surface area (Å²) in [6, 6.07) is 12.8. The van der Waals surface area contributed by atoms with E-state index >= 15 is 0 Å². The molecule has 1 aliphatic heterocycles. The number of carbonyl (C=O) groups is 3. The molecule has 2 aromatic rings. The highest BCUT2D eigenvalue weighted by Crippen LogP contribution is 2.20. The van der Waals surface area contributed by atoms with Gasteiger partial charge in [-0.05, 0) is 55.5 Å². The third-order valence-electron chi connectivity index (χ3n) is 4.38. The van der Waals surface area contributed by atoms with Gasteiger partial charge in [0.25, 0.3) is 11.8 Å². The average Bonchev–Trinajstić information content (AvgIpc) is 2.93. The Hall–Kier alpha value is -3.33. The van der Waals surface area contributed by atoms with Crippen LogP contribution in [-0.2, 0) is 9.59 Å². The van der Waals surface area contributed by atoms with Gasteiger partial charge in [0.05, 0.1) is 6.42 Å². The number of nitrogens with one attached hydrogen (secondary N) is 2. The molecule has 0 spiro atoms. The van der Waals surface area contributed by atoms with Crippen LogP contribution in [0.1, 0.15) is 23.7 Å².